The van der Waals surface area contributed by atoms with Gasteiger partial charge in [-0.25, -0.2) is 12.8 Å². The Balaban J connectivity index is 2.26. The Morgan fingerprint density at radius 2 is 1.86 bits per heavy atom. The lowest BCUT2D eigenvalue weighted by atomic mass is 10.3. The molecule has 4 nitrogen and oxygen atoms in total. The van der Waals surface area contributed by atoms with E-state index in [0.717, 1.165) is 12.1 Å². The lowest BCUT2D eigenvalue weighted by Crippen LogP contribution is -2.14. The van der Waals surface area contributed by atoms with Gasteiger partial charge in [0.05, 0.1) is 6.61 Å². The summed E-state index contributed by atoms with van der Waals surface area (Å²) in [7, 11) is -4.04. The molecule has 2 aromatic carbocycles. The van der Waals surface area contributed by atoms with Crippen LogP contribution in [0.3, 0.4) is 0 Å². The number of hydrogen-bond acceptors (Lipinski definition) is 3. The van der Waals surface area contributed by atoms with Crippen LogP contribution in [0.25, 0.3) is 0 Å². The first-order chi connectivity index (χ1) is 9.92. The van der Waals surface area contributed by atoms with Crippen molar-refractivity contribution in [1.29, 1.82) is 0 Å². The van der Waals surface area contributed by atoms with Crippen LogP contribution in [0.5, 0.6) is 5.75 Å². The molecule has 0 heterocycles. The quantitative estimate of drug-likeness (QED) is 0.910. The molecule has 0 amide bonds. The number of hydrogen-bond donors (Lipinski definition) is 1. The highest BCUT2D eigenvalue weighted by atomic mass is 35.5. The van der Waals surface area contributed by atoms with Crippen LogP contribution < -0.4 is 9.46 Å². The highest BCUT2D eigenvalue weighted by Crippen LogP contribution is 2.23. The summed E-state index contributed by atoms with van der Waals surface area (Å²) < 4.78 is 45.5. The van der Waals surface area contributed by atoms with E-state index in [1.54, 1.807) is 12.1 Å². The van der Waals surface area contributed by atoms with Gasteiger partial charge in [0, 0.05) is 10.7 Å². The Labute approximate surface area is 127 Å². The van der Waals surface area contributed by atoms with Gasteiger partial charge in [0.15, 0.2) is 0 Å². The fraction of sp³-hybridized carbons (Fsp3) is 0.143. The van der Waals surface area contributed by atoms with Crippen molar-refractivity contribution in [3.63, 3.8) is 0 Å². The van der Waals surface area contributed by atoms with Crippen LogP contribution in [-0.2, 0) is 10.0 Å². The zero-order valence-corrected chi connectivity index (χ0v) is 12.7. The molecule has 0 fully saturated rings. The van der Waals surface area contributed by atoms with Gasteiger partial charge in [-0.15, -0.1) is 0 Å². The van der Waals surface area contributed by atoms with Crippen LogP contribution >= 0.6 is 11.6 Å². The smallest absolute Gasteiger partial charge is 0.264 e. The van der Waals surface area contributed by atoms with Crippen LogP contribution in [-0.4, -0.2) is 15.0 Å². The summed E-state index contributed by atoms with van der Waals surface area (Å²) in [6, 6.07) is 9.66. The number of ether oxygens (including phenoxy) is 1. The molecule has 0 aliphatic carbocycles. The molecule has 2 rings (SSSR count). The van der Waals surface area contributed by atoms with Gasteiger partial charge in [-0.05, 0) is 49.4 Å². The Hall–Kier alpha value is -1.79. The minimum absolute atomic E-state index is 0.142. The predicted octanol–water partition coefficient (Wildman–Crippen LogP) is 3.68. The van der Waals surface area contributed by atoms with Gasteiger partial charge >= 0.3 is 0 Å². The number of halogens is 2. The van der Waals surface area contributed by atoms with Gasteiger partial charge in [-0.1, -0.05) is 11.6 Å². The van der Waals surface area contributed by atoms with E-state index in [1.807, 2.05) is 6.92 Å². The van der Waals surface area contributed by atoms with E-state index in [9.17, 15) is 12.8 Å². The minimum atomic E-state index is -4.04. The third-order valence-electron chi connectivity index (χ3n) is 2.60. The number of sulfonamides is 1. The van der Waals surface area contributed by atoms with Crippen molar-refractivity contribution in [2.45, 2.75) is 11.8 Å². The number of anilines is 1. The molecule has 0 atom stereocenters. The first-order valence-electron chi connectivity index (χ1n) is 6.13. The van der Waals surface area contributed by atoms with E-state index in [2.05, 4.69) is 4.72 Å². The molecule has 0 aliphatic heterocycles. The van der Waals surface area contributed by atoms with Crippen LogP contribution in [0.4, 0.5) is 10.1 Å². The molecule has 112 valence electrons. The molecule has 7 heteroatoms. The van der Waals surface area contributed by atoms with E-state index in [0.29, 0.717) is 18.0 Å². The Kier molecular flexibility index (Phi) is 4.69. The molecule has 0 bridgehead atoms. The molecule has 21 heavy (non-hydrogen) atoms. The van der Waals surface area contributed by atoms with Gasteiger partial charge in [0.1, 0.15) is 16.5 Å². The van der Waals surface area contributed by atoms with Crippen molar-refractivity contribution in [3.8, 4) is 5.75 Å². The van der Waals surface area contributed by atoms with E-state index in [4.69, 9.17) is 16.3 Å². The molecule has 0 saturated heterocycles. The summed E-state index contributed by atoms with van der Waals surface area (Å²) in [5.41, 5.74) is 0.304. The van der Waals surface area contributed by atoms with E-state index < -0.39 is 20.7 Å². The second-order valence-electron chi connectivity index (χ2n) is 4.14. The summed E-state index contributed by atoms with van der Waals surface area (Å²) in [5, 5.41) is 0.142. The maximum Gasteiger partial charge on any atom is 0.264 e. The van der Waals surface area contributed by atoms with E-state index >= 15 is 0 Å². The fourth-order valence-electron chi connectivity index (χ4n) is 1.68. The number of nitrogens with one attached hydrogen (secondary N) is 1. The third kappa shape index (κ3) is 3.86. The predicted molar refractivity (Wildman–Crippen MR) is 79.8 cm³/mol. The first kappa shape index (κ1) is 15.6. The SMILES string of the molecule is CCOc1ccc(NS(=O)(=O)c2cc(Cl)ccc2F)cc1. The molecular formula is C14H13ClFNO3S. The molecule has 0 aromatic heterocycles. The first-order valence-corrected chi connectivity index (χ1v) is 7.99. The van der Waals surface area contributed by atoms with Gasteiger partial charge in [-0.2, -0.15) is 0 Å². The van der Waals surface area contributed by atoms with Gasteiger partial charge in [0.2, 0.25) is 0 Å². The van der Waals surface area contributed by atoms with Gasteiger partial charge < -0.3 is 4.74 Å². The second kappa shape index (κ2) is 6.32. The largest absolute Gasteiger partial charge is 0.494 e. The monoisotopic (exact) mass is 329 g/mol. The molecule has 0 saturated carbocycles. The Bertz CT molecular complexity index is 732. The Morgan fingerprint density at radius 3 is 2.48 bits per heavy atom. The highest BCUT2D eigenvalue weighted by molar-refractivity contribution is 7.92. The van der Waals surface area contributed by atoms with Crippen LogP contribution in [0, 0.1) is 5.82 Å². The highest BCUT2D eigenvalue weighted by Gasteiger charge is 2.19. The summed E-state index contributed by atoms with van der Waals surface area (Å²) in [6.07, 6.45) is 0. The van der Waals surface area contributed by atoms with Crippen molar-refractivity contribution in [3.05, 3.63) is 53.3 Å². The summed E-state index contributed by atoms with van der Waals surface area (Å²) >= 11 is 5.71. The number of rotatable bonds is 5. The Morgan fingerprint density at radius 1 is 1.19 bits per heavy atom. The second-order valence-corrected chi connectivity index (χ2v) is 6.22. The lowest BCUT2D eigenvalue weighted by Gasteiger charge is -2.10. The average Bonchev–Trinajstić information content (AvgIpc) is 2.43. The summed E-state index contributed by atoms with van der Waals surface area (Å²) in [6.45, 7) is 2.36. The zero-order valence-electron chi connectivity index (χ0n) is 11.1. The maximum absolute atomic E-state index is 13.6. The van der Waals surface area contributed by atoms with Crippen molar-refractivity contribution in [1.82, 2.24) is 0 Å². The molecular weight excluding hydrogens is 317 g/mol. The number of benzene rings is 2. The minimum Gasteiger partial charge on any atom is -0.494 e. The van der Waals surface area contributed by atoms with Crippen molar-refractivity contribution < 1.29 is 17.5 Å². The standard InChI is InChI=1S/C14H13ClFNO3S/c1-2-20-12-6-4-11(5-7-12)17-21(18,19)14-9-10(15)3-8-13(14)16/h3-9,17H,2H2,1H3. The summed E-state index contributed by atoms with van der Waals surface area (Å²) in [4.78, 5) is -0.496. The average molecular weight is 330 g/mol. The topological polar surface area (TPSA) is 55.4 Å². The normalized spacial score (nSPS) is 11.2. The lowest BCUT2D eigenvalue weighted by molar-refractivity contribution is 0.340. The van der Waals surface area contributed by atoms with Gasteiger partial charge in [0.25, 0.3) is 10.0 Å². The van der Waals surface area contributed by atoms with Crippen LogP contribution in [0.15, 0.2) is 47.4 Å². The molecule has 0 unspecified atom stereocenters. The van der Waals surface area contributed by atoms with Crippen molar-refractivity contribution in [2.24, 2.45) is 0 Å². The molecule has 0 spiro atoms. The molecule has 0 aliphatic rings. The van der Waals surface area contributed by atoms with E-state index in [1.165, 1.54) is 18.2 Å². The third-order valence-corrected chi connectivity index (χ3v) is 4.23. The molecule has 2 aromatic rings. The fourth-order valence-corrected chi connectivity index (χ4v) is 3.08. The van der Waals surface area contributed by atoms with Crippen LogP contribution in [0.1, 0.15) is 6.92 Å². The molecule has 0 radical (unpaired) electrons. The van der Waals surface area contributed by atoms with Crippen molar-refractivity contribution in [2.75, 3.05) is 11.3 Å². The maximum atomic E-state index is 13.6. The molecule has 1 N–H and O–H groups in total. The van der Waals surface area contributed by atoms with Gasteiger partial charge in [-0.3, -0.25) is 4.72 Å². The summed E-state index contributed by atoms with van der Waals surface area (Å²) in [5.74, 6) is -0.243. The van der Waals surface area contributed by atoms with E-state index in [-0.39, 0.29) is 5.02 Å². The zero-order chi connectivity index (χ0) is 15.5. The van der Waals surface area contributed by atoms with Crippen LogP contribution in [0.2, 0.25) is 5.02 Å². The van der Waals surface area contributed by atoms with Crippen molar-refractivity contribution >= 4 is 27.3 Å².